The number of carboxylic acids is 1. The van der Waals surface area contributed by atoms with Gasteiger partial charge in [0.1, 0.15) is 5.75 Å². The van der Waals surface area contributed by atoms with Crippen molar-refractivity contribution < 1.29 is 14.6 Å². The van der Waals surface area contributed by atoms with Crippen molar-refractivity contribution in [3.05, 3.63) is 39.8 Å². The molecular formula is C13H12N2O4. The van der Waals surface area contributed by atoms with Crippen LogP contribution in [0.15, 0.2) is 23.0 Å². The molecule has 0 amide bonds. The van der Waals surface area contributed by atoms with Crippen LogP contribution in [0.2, 0.25) is 0 Å². The smallest absolute Gasteiger partial charge is 0.354 e. The highest BCUT2D eigenvalue weighted by atomic mass is 16.5. The maximum Gasteiger partial charge on any atom is 0.354 e. The molecule has 1 aromatic heterocycles. The van der Waals surface area contributed by atoms with Crippen LogP contribution in [0.3, 0.4) is 0 Å². The van der Waals surface area contributed by atoms with E-state index in [0.717, 1.165) is 24.2 Å². The van der Waals surface area contributed by atoms with Crippen LogP contribution in [0.4, 0.5) is 0 Å². The van der Waals surface area contributed by atoms with Gasteiger partial charge in [-0.05, 0) is 36.1 Å². The van der Waals surface area contributed by atoms with Gasteiger partial charge in [-0.15, -0.1) is 0 Å². The molecule has 0 bridgehead atoms. The minimum absolute atomic E-state index is 0.123. The van der Waals surface area contributed by atoms with Crippen LogP contribution in [-0.4, -0.2) is 27.9 Å². The molecule has 6 heteroatoms. The second-order valence-electron chi connectivity index (χ2n) is 4.41. The monoisotopic (exact) mass is 260 g/mol. The number of aryl methyl sites for hydroxylation is 1. The van der Waals surface area contributed by atoms with Gasteiger partial charge in [-0.2, -0.15) is 0 Å². The average Bonchev–Trinajstić information content (AvgIpc) is 2.80. The van der Waals surface area contributed by atoms with Gasteiger partial charge in [0, 0.05) is 0 Å². The summed E-state index contributed by atoms with van der Waals surface area (Å²) in [4.78, 5) is 22.8. The van der Waals surface area contributed by atoms with E-state index in [1.54, 1.807) is 12.1 Å². The van der Waals surface area contributed by atoms with Crippen LogP contribution in [0.5, 0.6) is 5.75 Å². The van der Waals surface area contributed by atoms with E-state index in [-0.39, 0.29) is 11.3 Å². The van der Waals surface area contributed by atoms with E-state index in [1.165, 1.54) is 0 Å². The number of hydrogen-bond acceptors (Lipinski definition) is 3. The Kier molecular flexibility index (Phi) is 2.63. The number of nitrogens with one attached hydrogen (secondary N) is 2. The summed E-state index contributed by atoms with van der Waals surface area (Å²) >= 11 is 0. The summed E-state index contributed by atoms with van der Waals surface area (Å²) in [5.74, 6) is -0.360. The molecule has 1 aromatic carbocycles. The zero-order valence-electron chi connectivity index (χ0n) is 10.0. The molecule has 0 saturated carbocycles. The molecular weight excluding hydrogens is 248 g/mol. The molecule has 2 heterocycles. The number of H-pyrrole nitrogens is 2. The first-order chi connectivity index (χ1) is 9.16. The van der Waals surface area contributed by atoms with Crippen LogP contribution in [0, 0.1) is 0 Å². The zero-order valence-corrected chi connectivity index (χ0v) is 10.0. The Bertz CT molecular complexity index is 699. The molecule has 98 valence electrons. The van der Waals surface area contributed by atoms with E-state index in [2.05, 4.69) is 10.2 Å². The third kappa shape index (κ3) is 1.91. The van der Waals surface area contributed by atoms with Crippen LogP contribution in [-0.2, 0) is 6.42 Å². The number of hydrogen-bond donors (Lipinski definition) is 3. The van der Waals surface area contributed by atoms with E-state index >= 15 is 0 Å². The van der Waals surface area contributed by atoms with E-state index in [1.807, 2.05) is 6.07 Å². The zero-order chi connectivity index (χ0) is 13.4. The maximum atomic E-state index is 11.7. The molecule has 3 N–H and O–H groups in total. The third-order valence-corrected chi connectivity index (χ3v) is 3.19. The number of benzene rings is 1. The molecule has 6 nitrogen and oxygen atoms in total. The number of fused-ring (bicyclic) bond motifs is 1. The Hall–Kier alpha value is -2.50. The van der Waals surface area contributed by atoms with Gasteiger partial charge in [-0.1, -0.05) is 6.07 Å². The van der Waals surface area contributed by atoms with E-state index in [0.29, 0.717) is 12.2 Å². The van der Waals surface area contributed by atoms with Crippen molar-refractivity contribution in [1.82, 2.24) is 10.2 Å². The largest absolute Gasteiger partial charge is 0.493 e. The first-order valence-corrected chi connectivity index (χ1v) is 5.97. The van der Waals surface area contributed by atoms with Crippen molar-refractivity contribution >= 4 is 5.97 Å². The summed E-state index contributed by atoms with van der Waals surface area (Å²) in [6.07, 6.45) is 1.79. The van der Waals surface area contributed by atoms with Crippen molar-refractivity contribution in [3.8, 4) is 16.9 Å². The number of rotatable bonds is 2. The van der Waals surface area contributed by atoms with Crippen molar-refractivity contribution in [2.75, 3.05) is 6.61 Å². The number of aromatic nitrogens is 2. The van der Waals surface area contributed by atoms with Gasteiger partial charge >= 0.3 is 5.97 Å². The predicted octanol–water partition coefficient (Wildman–Crippen LogP) is 1.39. The summed E-state index contributed by atoms with van der Waals surface area (Å²) in [5.41, 5.74) is 1.18. The normalized spacial score (nSPS) is 13.7. The summed E-state index contributed by atoms with van der Waals surface area (Å²) < 4.78 is 5.49. The molecule has 0 unspecified atom stereocenters. The lowest BCUT2D eigenvalue weighted by Gasteiger charge is -2.17. The number of ether oxygens (including phenoxy) is 1. The first kappa shape index (κ1) is 11.6. The van der Waals surface area contributed by atoms with E-state index in [9.17, 15) is 9.59 Å². The van der Waals surface area contributed by atoms with Crippen LogP contribution in [0.25, 0.3) is 11.1 Å². The van der Waals surface area contributed by atoms with Gasteiger partial charge < -0.3 is 9.84 Å². The Labute approximate surface area is 108 Å². The van der Waals surface area contributed by atoms with Crippen molar-refractivity contribution in [2.45, 2.75) is 12.8 Å². The van der Waals surface area contributed by atoms with Crippen molar-refractivity contribution in [2.24, 2.45) is 0 Å². The van der Waals surface area contributed by atoms with E-state index < -0.39 is 11.5 Å². The highest BCUT2D eigenvalue weighted by Gasteiger charge is 2.19. The maximum absolute atomic E-state index is 11.7. The molecule has 0 fully saturated rings. The third-order valence-electron chi connectivity index (χ3n) is 3.19. The molecule has 1 aliphatic heterocycles. The first-order valence-electron chi connectivity index (χ1n) is 5.97. The SMILES string of the molecule is O=C(O)c1[nH][nH]c(=O)c1-c1ccc2c(c1)CCCO2. The topological polar surface area (TPSA) is 95.2 Å². The summed E-state index contributed by atoms with van der Waals surface area (Å²) in [7, 11) is 0. The number of carbonyl (C=O) groups is 1. The lowest BCUT2D eigenvalue weighted by molar-refractivity contribution is 0.0691. The second-order valence-corrected chi connectivity index (χ2v) is 4.41. The summed E-state index contributed by atoms with van der Waals surface area (Å²) in [5, 5.41) is 13.8. The molecule has 0 saturated heterocycles. The van der Waals surface area contributed by atoms with Crippen LogP contribution < -0.4 is 10.3 Å². The summed E-state index contributed by atoms with van der Waals surface area (Å²) in [6, 6.07) is 5.30. The van der Waals surface area contributed by atoms with Gasteiger partial charge in [0.25, 0.3) is 5.56 Å². The fourth-order valence-corrected chi connectivity index (χ4v) is 2.31. The van der Waals surface area contributed by atoms with Crippen LogP contribution >= 0.6 is 0 Å². The Balaban J connectivity index is 2.15. The Morgan fingerprint density at radius 2 is 2.16 bits per heavy atom. The fraction of sp³-hybridized carbons (Fsp3) is 0.231. The lowest BCUT2D eigenvalue weighted by Crippen LogP contribution is -2.09. The molecule has 0 aliphatic carbocycles. The highest BCUT2D eigenvalue weighted by Crippen LogP contribution is 2.29. The molecule has 0 atom stereocenters. The number of carboxylic acid groups (broad SMARTS) is 1. The second kappa shape index (κ2) is 4.31. The fourth-order valence-electron chi connectivity index (χ4n) is 2.31. The Morgan fingerprint density at radius 1 is 1.32 bits per heavy atom. The average molecular weight is 260 g/mol. The highest BCUT2D eigenvalue weighted by molar-refractivity contribution is 5.93. The van der Waals surface area contributed by atoms with E-state index in [4.69, 9.17) is 9.84 Å². The van der Waals surface area contributed by atoms with Gasteiger partial charge in [0.05, 0.1) is 12.2 Å². The number of aromatic amines is 2. The number of aromatic carboxylic acids is 1. The van der Waals surface area contributed by atoms with Gasteiger partial charge in [0.2, 0.25) is 0 Å². The summed E-state index contributed by atoms with van der Waals surface area (Å²) in [6.45, 7) is 0.692. The van der Waals surface area contributed by atoms with Gasteiger partial charge in [-0.25, -0.2) is 4.79 Å². The molecule has 19 heavy (non-hydrogen) atoms. The molecule has 3 rings (SSSR count). The molecule has 2 aromatic rings. The molecule has 1 aliphatic rings. The minimum atomic E-state index is -1.16. The quantitative estimate of drug-likeness (QED) is 0.760. The Morgan fingerprint density at radius 3 is 2.95 bits per heavy atom. The van der Waals surface area contributed by atoms with Gasteiger partial charge in [0.15, 0.2) is 5.69 Å². The van der Waals surface area contributed by atoms with Crippen LogP contribution in [0.1, 0.15) is 22.5 Å². The van der Waals surface area contributed by atoms with Crippen molar-refractivity contribution in [3.63, 3.8) is 0 Å². The lowest BCUT2D eigenvalue weighted by atomic mass is 9.99. The molecule has 0 spiro atoms. The molecule has 0 radical (unpaired) electrons. The standard InChI is InChI=1S/C13H12N2O4/c16-12-10(11(13(17)18)14-15-12)8-3-4-9-7(6-8)2-1-5-19-9/h3-4,6H,1-2,5H2,(H,17,18)(H2,14,15,16). The van der Waals surface area contributed by atoms with Crippen molar-refractivity contribution in [1.29, 1.82) is 0 Å². The predicted molar refractivity (Wildman–Crippen MR) is 67.6 cm³/mol. The minimum Gasteiger partial charge on any atom is -0.493 e. The van der Waals surface area contributed by atoms with Gasteiger partial charge in [-0.3, -0.25) is 15.0 Å².